The Kier molecular flexibility index (Phi) is 5.63. The summed E-state index contributed by atoms with van der Waals surface area (Å²) in [6.45, 7) is 2.29. The number of hydrogen-bond donors (Lipinski definition) is 2. The van der Waals surface area contributed by atoms with Crippen LogP contribution in [-0.4, -0.2) is 33.7 Å². The first kappa shape index (κ1) is 18.7. The predicted molar refractivity (Wildman–Crippen MR) is 108 cm³/mol. The van der Waals surface area contributed by atoms with Gasteiger partial charge in [-0.2, -0.15) is 0 Å². The molecule has 0 radical (unpaired) electrons. The van der Waals surface area contributed by atoms with Crippen LogP contribution in [0.3, 0.4) is 0 Å². The highest BCUT2D eigenvalue weighted by Gasteiger charge is 2.24. The molecule has 4 rings (SSSR count). The van der Waals surface area contributed by atoms with Gasteiger partial charge in [-0.1, -0.05) is 31.5 Å². The van der Waals surface area contributed by atoms with Crippen LogP contribution in [0, 0.1) is 5.92 Å². The summed E-state index contributed by atoms with van der Waals surface area (Å²) in [6, 6.07) is -0.186. The summed E-state index contributed by atoms with van der Waals surface area (Å²) < 4.78 is 0. The van der Waals surface area contributed by atoms with Crippen LogP contribution in [0.15, 0.2) is 11.4 Å². The van der Waals surface area contributed by atoms with Crippen molar-refractivity contribution in [1.29, 1.82) is 0 Å². The van der Waals surface area contributed by atoms with Gasteiger partial charge in [0.05, 0.1) is 5.75 Å². The molecule has 0 spiro atoms. The molecule has 2 aliphatic rings. The average molecular weight is 405 g/mol. The van der Waals surface area contributed by atoms with Crippen LogP contribution >= 0.6 is 23.1 Å². The number of nitrogens with zero attached hydrogens (tertiary/aromatic N) is 2. The fraction of sp³-hybridized carbons (Fsp3) is 0.579. The largest absolute Gasteiger partial charge is 0.335 e. The lowest BCUT2D eigenvalue weighted by molar-refractivity contribution is -0.117. The maximum absolute atomic E-state index is 12.2. The molecule has 144 valence electrons. The lowest BCUT2D eigenvalue weighted by atomic mass is 9.89. The quantitative estimate of drug-likeness (QED) is 0.600. The highest BCUT2D eigenvalue weighted by Crippen LogP contribution is 2.40. The maximum atomic E-state index is 12.2. The Bertz CT molecular complexity index is 861. The predicted octanol–water partition coefficient (Wildman–Crippen LogP) is 3.68. The number of rotatable bonds is 4. The Morgan fingerprint density at radius 1 is 1.26 bits per heavy atom. The van der Waals surface area contributed by atoms with Crippen molar-refractivity contribution in [1.82, 2.24) is 20.6 Å². The van der Waals surface area contributed by atoms with Gasteiger partial charge in [-0.3, -0.25) is 10.1 Å². The van der Waals surface area contributed by atoms with E-state index in [1.165, 1.54) is 28.6 Å². The minimum absolute atomic E-state index is 0.172. The van der Waals surface area contributed by atoms with E-state index >= 15 is 0 Å². The van der Waals surface area contributed by atoms with Crippen LogP contribution in [-0.2, 0) is 17.6 Å². The van der Waals surface area contributed by atoms with Crippen molar-refractivity contribution in [3.8, 4) is 0 Å². The average Bonchev–Trinajstić information content (AvgIpc) is 3.26. The topological polar surface area (TPSA) is 84.0 Å². The lowest BCUT2D eigenvalue weighted by Crippen LogP contribution is -2.44. The SMILES string of the molecule is C[C@@H]1CCc2c(sc3ncnc(SCC(=O)NC(=O)NC4CCCC4)c23)C1. The van der Waals surface area contributed by atoms with Gasteiger partial charge in [0.15, 0.2) is 0 Å². The molecule has 1 atom stereocenters. The zero-order chi connectivity index (χ0) is 18.8. The first-order valence-corrected chi connectivity index (χ1v) is 11.4. The Balaban J connectivity index is 1.40. The van der Waals surface area contributed by atoms with E-state index in [9.17, 15) is 9.59 Å². The van der Waals surface area contributed by atoms with Gasteiger partial charge in [0.25, 0.3) is 0 Å². The molecule has 3 amide bonds. The van der Waals surface area contributed by atoms with Crippen molar-refractivity contribution >= 4 is 45.3 Å². The highest BCUT2D eigenvalue weighted by atomic mass is 32.2. The van der Waals surface area contributed by atoms with E-state index < -0.39 is 0 Å². The first-order chi connectivity index (χ1) is 13.1. The van der Waals surface area contributed by atoms with Crippen LogP contribution < -0.4 is 10.6 Å². The van der Waals surface area contributed by atoms with Gasteiger partial charge >= 0.3 is 6.03 Å². The molecule has 2 N–H and O–H groups in total. The van der Waals surface area contributed by atoms with Crippen LogP contribution in [0.5, 0.6) is 0 Å². The normalized spacial score (nSPS) is 19.8. The molecule has 0 aromatic carbocycles. The standard InChI is InChI=1S/C19H24N4O2S2/c1-11-6-7-13-14(8-11)27-18-16(13)17(20-10-21-18)26-9-15(24)23-19(25)22-12-4-2-3-5-12/h10-12H,2-9H2,1H3,(H2,22,23,24,25)/t11-/m1/s1. The summed E-state index contributed by atoms with van der Waals surface area (Å²) >= 11 is 3.14. The van der Waals surface area contributed by atoms with E-state index in [-0.39, 0.29) is 23.7 Å². The van der Waals surface area contributed by atoms with E-state index in [1.54, 1.807) is 17.7 Å². The number of aryl methyl sites for hydroxylation is 1. The van der Waals surface area contributed by atoms with Gasteiger partial charge in [0, 0.05) is 16.3 Å². The summed E-state index contributed by atoms with van der Waals surface area (Å²) in [5, 5.41) is 7.27. The molecule has 0 saturated heterocycles. The molecule has 2 aromatic heterocycles. The molecule has 2 aliphatic carbocycles. The van der Waals surface area contributed by atoms with Gasteiger partial charge in [-0.25, -0.2) is 14.8 Å². The molecule has 2 heterocycles. The monoisotopic (exact) mass is 404 g/mol. The number of hydrogen-bond acceptors (Lipinski definition) is 6. The van der Waals surface area contributed by atoms with Gasteiger partial charge in [0.2, 0.25) is 5.91 Å². The van der Waals surface area contributed by atoms with Crippen molar-refractivity contribution in [3.05, 3.63) is 16.8 Å². The molecule has 0 unspecified atom stereocenters. The summed E-state index contributed by atoms with van der Waals surface area (Å²) in [6.07, 6.45) is 9.18. The van der Waals surface area contributed by atoms with Crippen molar-refractivity contribution in [2.75, 3.05) is 5.75 Å². The smallest absolute Gasteiger partial charge is 0.321 e. The van der Waals surface area contributed by atoms with Gasteiger partial charge in [0.1, 0.15) is 16.2 Å². The summed E-state index contributed by atoms with van der Waals surface area (Å²) in [5.74, 6) is 0.587. The lowest BCUT2D eigenvalue weighted by Gasteiger charge is -2.18. The second-order valence-corrected chi connectivity index (χ2v) is 9.55. The third kappa shape index (κ3) is 4.27. The summed E-state index contributed by atoms with van der Waals surface area (Å²) in [4.78, 5) is 35.4. The number of urea groups is 1. The number of thioether (sulfide) groups is 1. The molecule has 0 aliphatic heterocycles. The number of carbonyl (C=O) groups is 2. The van der Waals surface area contributed by atoms with Crippen molar-refractivity contribution in [2.24, 2.45) is 5.92 Å². The van der Waals surface area contributed by atoms with E-state index in [2.05, 4.69) is 27.5 Å². The van der Waals surface area contributed by atoms with Crippen LogP contribution in [0.2, 0.25) is 0 Å². The maximum Gasteiger partial charge on any atom is 0.321 e. The summed E-state index contributed by atoms with van der Waals surface area (Å²) in [5.41, 5.74) is 1.36. The molecule has 2 aromatic rings. The molecule has 8 heteroatoms. The van der Waals surface area contributed by atoms with Gasteiger partial charge in [-0.15, -0.1) is 11.3 Å². The van der Waals surface area contributed by atoms with Gasteiger partial charge in [-0.05, 0) is 43.6 Å². The number of fused-ring (bicyclic) bond motifs is 3. The first-order valence-electron chi connectivity index (χ1n) is 9.58. The van der Waals surface area contributed by atoms with E-state index in [0.29, 0.717) is 5.92 Å². The third-order valence-electron chi connectivity index (χ3n) is 5.34. The van der Waals surface area contributed by atoms with E-state index in [1.807, 2.05) is 0 Å². The van der Waals surface area contributed by atoms with E-state index in [0.717, 1.165) is 53.8 Å². The van der Waals surface area contributed by atoms with Crippen molar-refractivity contribution < 1.29 is 9.59 Å². The van der Waals surface area contributed by atoms with Crippen molar-refractivity contribution in [2.45, 2.75) is 62.9 Å². The zero-order valence-electron chi connectivity index (χ0n) is 15.4. The third-order valence-corrected chi connectivity index (χ3v) is 7.49. The van der Waals surface area contributed by atoms with E-state index in [4.69, 9.17) is 0 Å². The number of thiophene rings is 1. The minimum atomic E-state index is -0.387. The van der Waals surface area contributed by atoms with Crippen molar-refractivity contribution in [3.63, 3.8) is 0 Å². The fourth-order valence-electron chi connectivity index (χ4n) is 3.94. The molecular weight excluding hydrogens is 380 g/mol. The number of nitrogens with one attached hydrogen (secondary N) is 2. The summed E-state index contributed by atoms with van der Waals surface area (Å²) in [7, 11) is 0. The minimum Gasteiger partial charge on any atom is -0.335 e. The number of imide groups is 1. The van der Waals surface area contributed by atoms with Crippen LogP contribution in [0.25, 0.3) is 10.2 Å². The number of amides is 3. The molecular formula is C19H24N4O2S2. The van der Waals surface area contributed by atoms with Gasteiger partial charge < -0.3 is 5.32 Å². The molecule has 1 fully saturated rings. The Morgan fingerprint density at radius 2 is 2.07 bits per heavy atom. The molecule has 27 heavy (non-hydrogen) atoms. The Labute approximate surface area is 166 Å². The zero-order valence-corrected chi connectivity index (χ0v) is 17.0. The number of aromatic nitrogens is 2. The van der Waals surface area contributed by atoms with Crippen LogP contribution in [0.1, 0.15) is 49.5 Å². The number of carbonyl (C=O) groups excluding carboxylic acids is 2. The Morgan fingerprint density at radius 3 is 2.89 bits per heavy atom. The molecule has 6 nitrogen and oxygen atoms in total. The highest BCUT2D eigenvalue weighted by molar-refractivity contribution is 8.00. The molecule has 0 bridgehead atoms. The fourth-order valence-corrected chi connectivity index (χ4v) is 6.18. The Hall–Kier alpha value is -1.67. The molecule has 1 saturated carbocycles. The second kappa shape index (κ2) is 8.14. The van der Waals surface area contributed by atoms with Crippen LogP contribution in [0.4, 0.5) is 4.79 Å². The second-order valence-electron chi connectivity index (χ2n) is 7.50.